The van der Waals surface area contributed by atoms with Crippen LogP contribution in [0.25, 0.3) is 0 Å². The van der Waals surface area contributed by atoms with E-state index in [4.69, 9.17) is 5.73 Å². The Morgan fingerprint density at radius 1 is 1.16 bits per heavy atom. The van der Waals surface area contributed by atoms with Crippen LogP contribution in [0.4, 0.5) is 5.13 Å². The van der Waals surface area contributed by atoms with Crippen LogP contribution >= 0.6 is 11.3 Å². The molecule has 140 valence electrons. The van der Waals surface area contributed by atoms with Crippen molar-refractivity contribution in [2.45, 2.75) is 64.2 Å². The average Bonchev–Trinajstić information content (AvgIpc) is 3.04. The lowest BCUT2D eigenvalue weighted by molar-refractivity contribution is -0.120. The van der Waals surface area contributed by atoms with Gasteiger partial charge in [-0.15, -0.1) is 11.3 Å². The standard InChI is InChI=1S/C18H30N4O2S/c19-10-6-2-5-9-16(23)22-18-21-15(13-25-18)11-17(24)20-12-14-7-3-1-4-8-14/h13-14H,1-12,19H2,(H,20,24)(H,21,22,23). The van der Waals surface area contributed by atoms with Gasteiger partial charge in [-0.1, -0.05) is 25.7 Å². The highest BCUT2D eigenvalue weighted by atomic mass is 32.1. The molecule has 0 spiro atoms. The van der Waals surface area contributed by atoms with Gasteiger partial charge in [0.25, 0.3) is 0 Å². The van der Waals surface area contributed by atoms with Crippen LogP contribution in [-0.4, -0.2) is 29.9 Å². The number of unbranched alkanes of at least 4 members (excludes halogenated alkanes) is 2. The Morgan fingerprint density at radius 2 is 1.96 bits per heavy atom. The molecule has 7 heteroatoms. The molecule has 1 aliphatic carbocycles. The van der Waals surface area contributed by atoms with Crippen molar-refractivity contribution >= 4 is 28.3 Å². The SMILES string of the molecule is NCCCCCC(=O)Nc1nc(CC(=O)NCC2CCCCC2)cs1. The number of hydrogen-bond acceptors (Lipinski definition) is 5. The number of rotatable bonds is 10. The lowest BCUT2D eigenvalue weighted by Crippen LogP contribution is -2.31. The third-order valence-electron chi connectivity index (χ3n) is 4.56. The molecule has 0 radical (unpaired) electrons. The first-order valence-electron chi connectivity index (χ1n) is 9.38. The lowest BCUT2D eigenvalue weighted by Gasteiger charge is -2.21. The Hall–Kier alpha value is -1.47. The normalized spacial score (nSPS) is 15.1. The number of nitrogens with one attached hydrogen (secondary N) is 2. The Balaban J connectivity index is 1.65. The van der Waals surface area contributed by atoms with Gasteiger partial charge in [0.1, 0.15) is 0 Å². The summed E-state index contributed by atoms with van der Waals surface area (Å²) >= 11 is 1.37. The first-order chi connectivity index (χ1) is 12.2. The predicted molar refractivity (Wildman–Crippen MR) is 102 cm³/mol. The fraction of sp³-hybridized carbons (Fsp3) is 0.722. The van der Waals surface area contributed by atoms with Gasteiger partial charge in [0.15, 0.2) is 5.13 Å². The van der Waals surface area contributed by atoms with Crippen molar-refractivity contribution in [3.05, 3.63) is 11.1 Å². The van der Waals surface area contributed by atoms with Crippen molar-refractivity contribution in [2.75, 3.05) is 18.4 Å². The number of carbonyl (C=O) groups is 2. The van der Waals surface area contributed by atoms with Gasteiger partial charge in [-0.2, -0.15) is 0 Å². The van der Waals surface area contributed by atoms with Crippen LogP contribution in [0.2, 0.25) is 0 Å². The molecule has 2 amide bonds. The second-order valence-electron chi connectivity index (χ2n) is 6.78. The summed E-state index contributed by atoms with van der Waals surface area (Å²) in [7, 11) is 0. The number of nitrogens with zero attached hydrogens (tertiary/aromatic N) is 1. The molecule has 1 aromatic heterocycles. The van der Waals surface area contributed by atoms with Gasteiger partial charge >= 0.3 is 0 Å². The summed E-state index contributed by atoms with van der Waals surface area (Å²) in [5.41, 5.74) is 6.15. The number of carbonyl (C=O) groups excluding carboxylic acids is 2. The molecule has 1 aliphatic rings. The number of nitrogens with two attached hydrogens (primary N) is 1. The number of aromatic nitrogens is 1. The van der Waals surface area contributed by atoms with Crippen LogP contribution in [0, 0.1) is 5.92 Å². The topological polar surface area (TPSA) is 97.1 Å². The number of hydrogen-bond donors (Lipinski definition) is 3. The van der Waals surface area contributed by atoms with Crippen molar-refractivity contribution in [3.63, 3.8) is 0 Å². The maximum absolute atomic E-state index is 12.0. The van der Waals surface area contributed by atoms with E-state index in [2.05, 4.69) is 15.6 Å². The van der Waals surface area contributed by atoms with Crippen LogP contribution in [0.3, 0.4) is 0 Å². The van der Waals surface area contributed by atoms with Gasteiger partial charge in [0.2, 0.25) is 11.8 Å². The maximum Gasteiger partial charge on any atom is 0.226 e. The summed E-state index contributed by atoms with van der Waals surface area (Å²) in [4.78, 5) is 28.2. The molecule has 1 heterocycles. The number of thiazole rings is 1. The molecule has 0 aliphatic heterocycles. The molecule has 0 aromatic carbocycles. The summed E-state index contributed by atoms with van der Waals surface area (Å²) in [6, 6.07) is 0. The minimum Gasteiger partial charge on any atom is -0.355 e. The molecular weight excluding hydrogens is 336 g/mol. The number of amides is 2. The average molecular weight is 367 g/mol. The molecule has 0 saturated heterocycles. The van der Waals surface area contributed by atoms with E-state index in [9.17, 15) is 9.59 Å². The van der Waals surface area contributed by atoms with Crippen molar-refractivity contribution in [2.24, 2.45) is 11.7 Å². The van der Waals surface area contributed by atoms with Crippen LogP contribution < -0.4 is 16.4 Å². The Labute approximate surface area is 154 Å². The third-order valence-corrected chi connectivity index (χ3v) is 5.37. The summed E-state index contributed by atoms with van der Waals surface area (Å²) in [5.74, 6) is 0.609. The summed E-state index contributed by atoms with van der Waals surface area (Å²) in [6.45, 7) is 1.44. The smallest absolute Gasteiger partial charge is 0.226 e. The molecule has 1 aromatic rings. The molecule has 0 atom stereocenters. The Bertz CT molecular complexity index is 541. The van der Waals surface area contributed by atoms with E-state index in [0.29, 0.717) is 29.7 Å². The fourth-order valence-electron chi connectivity index (χ4n) is 3.11. The van der Waals surface area contributed by atoms with Gasteiger partial charge in [0, 0.05) is 18.3 Å². The second-order valence-corrected chi connectivity index (χ2v) is 7.63. The van der Waals surface area contributed by atoms with Crippen LogP contribution in [0.15, 0.2) is 5.38 Å². The predicted octanol–water partition coefficient (Wildman–Crippen LogP) is 2.84. The van der Waals surface area contributed by atoms with Gasteiger partial charge in [-0.05, 0) is 38.1 Å². The van der Waals surface area contributed by atoms with Crippen molar-refractivity contribution < 1.29 is 9.59 Å². The van der Waals surface area contributed by atoms with E-state index in [-0.39, 0.29) is 18.2 Å². The van der Waals surface area contributed by atoms with E-state index in [1.165, 1.54) is 43.4 Å². The van der Waals surface area contributed by atoms with Crippen molar-refractivity contribution in [1.82, 2.24) is 10.3 Å². The Kier molecular flexibility index (Phi) is 8.90. The van der Waals surface area contributed by atoms with E-state index < -0.39 is 0 Å². The van der Waals surface area contributed by atoms with E-state index in [0.717, 1.165) is 25.8 Å². The molecule has 1 saturated carbocycles. The summed E-state index contributed by atoms with van der Waals surface area (Å²) < 4.78 is 0. The first kappa shape index (κ1) is 19.8. The van der Waals surface area contributed by atoms with E-state index >= 15 is 0 Å². The molecule has 6 nitrogen and oxygen atoms in total. The van der Waals surface area contributed by atoms with Crippen molar-refractivity contribution in [1.29, 1.82) is 0 Å². The number of anilines is 1. The van der Waals surface area contributed by atoms with E-state index in [1.807, 2.05) is 5.38 Å². The highest BCUT2D eigenvalue weighted by Crippen LogP contribution is 2.22. The molecule has 1 fully saturated rings. The summed E-state index contributed by atoms with van der Waals surface area (Å²) in [5, 5.41) is 8.23. The molecule has 0 bridgehead atoms. The molecule has 2 rings (SSSR count). The molecule has 25 heavy (non-hydrogen) atoms. The zero-order chi connectivity index (χ0) is 17.9. The van der Waals surface area contributed by atoms with Gasteiger partial charge in [-0.3, -0.25) is 9.59 Å². The van der Waals surface area contributed by atoms with Gasteiger partial charge < -0.3 is 16.4 Å². The molecule has 4 N–H and O–H groups in total. The minimum absolute atomic E-state index is 0.00975. The highest BCUT2D eigenvalue weighted by molar-refractivity contribution is 7.13. The van der Waals surface area contributed by atoms with Crippen molar-refractivity contribution in [3.8, 4) is 0 Å². The van der Waals surface area contributed by atoms with Gasteiger partial charge in [0.05, 0.1) is 12.1 Å². The summed E-state index contributed by atoms with van der Waals surface area (Å²) in [6.07, 6.45) is 9.83. The molecular formula is C18H30N4O2S. The maximum atomic E-state index is 12.0. The monoisotopic (exact) mass is 366 g/mol. The van der Waals surface area contributed by atoms with Crippen LogP contribution in [0.5, 0.6) is 0 Å². The van der Waals surface area contributed by atoms with Crippen LogP contribution in [0.1, 0.15) is 63.5 Å². The Morgan fingerprint density at radius 3 is 2.72 bits per heavy atom. The zero-order valence-corrected chi connectivity index (χ0v) is 15.7. The van der Waals surface area contributed by atoms with E-state index in [1.54, 1.807) is 0 Å². The quantitative estimate of drug-likeness (QED) is 0.555. The zero-order valence-electron chi connectivity index (χ0n) is 14.9. The molecule has 0 unspecified atom stereocenters. The minimum atomic E-state index is -0.0281. The second kappa shape index (κ2) is 11.2. The fourth-order valence-corrected chi connectivity index (χ4v) is 3.84. The van der Waals surface area contributed by atoms with Gasteiger partial charge in [-0.25, -0.2) is 4.98 Å². The third kappa shape index (κ3) is 7.96. The largest absolute Gasteiger partial charge is 0.355 e. The first-order valence-corrected chi connectivity index (χ1v) is 10.3. The van der Waals surface area contributed by atoms with Crippen LogP contribution in [-0.2, 0) is 16.0 Å². The lowest BCUT2D eigenvalue weighted by atomic mass is 9.89. The highest BCUT2D eigenvalue weighted by Gasteiger charge is 2.15.